The molecule has 1 aromatic heterocycles. The molecular formula is C18H22N2O3. The Morgan fingerprint density at radius 3 is 2.48 bits per heavy atom. The Balaban J connectivity index is 2.08. The second-order valence-electron chi connectivity index (χ2n) is 5.54. The quantitative estimate of drug-likeness (QED) is 0.792. The zero-order chi connectivity index (χ0) is 16.7. The first-order chi connectivity index (χ1) is 11.1. The lowest BCUT2D eigenvalue weighted by molar-refractivity contribution is -0.150. The van der Waals surface area contributed by atoms with Crippen LogP contribution in [0.25, 0.3) is 0 Å². The van der Waals surface area contributed by atoms with Crippen molar-refractivity contribution < 1.29 is 14.6 Å². The molecule has 1 N–H and O–H groups in total. The van der Waals surface area contributed by atoms with Gasteiger partial charge in [-0.25, -0.2) is 0 Å². The first-order valence-electron chi connectivity index (χ1n) is 7.50. The van der Waals surface area contributed by atoms with Gasteiger partial charge >= 0.3 is 5.97 Å². The zero-order valence-corrected chi connectivity index (χ0v) is 13.4. The maximum atomic E-state index is 12.1. The summed E-state index contributed by atoms with van der Waals surface area (Å²) in [7, 11) is 3.26. The van der Waals surface area contributed by atoms with Crippen molar-refractivity contribution in [2.75, 3.05) is 20.7 Å². The minimum Gasteiger partial charge on any atom is -0.469 e. The molecule has 1 heterocycles. The number of esters is 1. The molecule has 0 unspecified atom stereocenters. The van der Waals surface area contributed by atoms with Crippen molar-refractivity contribution in [2.45, 2.75) is 12.6 Å². The molecule has 0 fully saturated rings. The zero-order valence-electron chi connectivity index (χ0n) is 13.4. The number of aromatic nitrogens is 1. The van der Waals surface area contributed by atoms with Crippen LogP contribution in [0.5, 0.6) is 0 Å². The van der Waals surface area contributed by atoms with E-state index in [2.05, 4.69) is 4.98 Å². The predicted molar refractivity (Wildman–Crippen MR) is 87.5 cm³/mol. The molecule has 0 radical (unpaired) electrons. The van der Waals surface area contributed by atoms with Gasteiger partial charge in [-0.2, -0.15) is 0 Å². The van der Waals surface area contributed by atoms with Crippen molar-refractivity contribution in [3.8, 4) is 0 Å². The first kappa shape index (κ1) is 17.1. The second kappa shape index (κ2) is 8.41. The van der Waals surface area contributed by atoms with Gasteiger partial charge < -0.3 is 14.7 Å². The normalized spacial score (nSPS) is 13.6. The molecular weight excluding hydrogens is 292 g/mol. The van der Waals surface area contributed by atoms with E-state index in [1.807, 2.05) is 42.3 Å². The van der Waals surface area contributed by atoms with Crippen LogP contribution in [0.4, 0.5) is 0 Å². The van der Waals surface area contributed by atoms with Crippen LogP contribution < -0.4 is 0 Å². The van der Waals surface area contributed by atoms with Crippen molar-refractivity contribution >= 4 is 5.97 Å². The Bertz CT molecular complexity index is 604. The van der Waals surface area contributed by atoms with Crippen LogP contribution in [-0.4, -0.2) is 41.7 Å². The van der Waals surface area contributed by atoms with E-state index in [9.17, 15) is 9.90 Å². The monoisotopic (exact) mass is 314 g/mol. The SMILES string of the molecule is COC(=O)[C@@H](CN(C)Cc1ccccc1)[C@@H](O)c1ccncc1. The molecule has 0 amide bonds. The van der Waals surface area contributed by atoms with Crippen molar-refractivity contribution in [3.05, 3.63) is 66.0 Å². The number of benzene rings is 1. The number of methoxy groups -OCH3 is 1. The summed E-state index contributed by atoms with van der Waals surface area (Å²) in [5, 5.41) is 10.5. The minimum absolute atomic E-state index is 0.394. The Morgan fingerprint density at radius 2 is 1.87 bits per heavy atom. The molecule has 0 saturated heterocycles. The van der Waals surface area contributed by atoms with Crippen LogP contribution in [0.3, 0.4) is 0 Å². The van der Waals surface area contributed by atoms with Crippen LogP contribution in [0.1, 0.15) is 17.2 Å². The fourth-order valence-corrected chi connectivity index (χ4v) is 2.54. The Labute approximate surface area is 136 Å². The van der Waals surface area contributed by atoms with Gasteiger partial charge in [0.2, 0.25) is 0 Å². The van der Waals surface area contributed by atoms with Gasteiger partial charge in [0, 0.05) is 25.5 Å². The van der Waals surface area contributed by atoms with Crippen LogP contribution in [0.2, 0.25) is 0 Å². The lowest BCUT2D eigenvalue weighted by Gasteiger charge is -2.26. The smallest absolute Gasteiger partial charge is 0.312 e. The maximum absolute atomic E-state index is 12.1. The van der Waals surface area contributed by atoms with Gasteiger partial charge in [0.25, 0.3) is 0 Å². The van der Waals surface area contributed by atoms with E-state index in [4.69, 9.17) is 4.74 Å². The molecule has 1 aromatic carbocycles. The van der Waals surface area contributed by atoms with Crippen molar-refractivity contribution in [3.63, 3.8) is 0 Å². The topological polar surface area (TPSA) is 62.7 Å². The van der Waals surface area contributed by atoms with E-state index in [1.165, 1.54) is 7.11 Å². The number of ether oxygens (including phenoxy) is 1. The Morgan fingerprint density at radius 1 is 1.22 bits per heavy atom. The number of pyridine rings is 1. The van der Waals surface area contributed by atoms with E-state index in [-0.39, 0.29) is 0 Å². The van der Waals surface area contributed by atoms with Gasteiger partial charge in [0.15, 0.2) is 0 Å². The summed E-state index contributed by atoms with van der Waals surface area (Å²) < 4.78 is 4.86. The first-order valence-corrected chi connectivity index (χ1v) is 7.50. The van der Waals surface area contributed by atoms with Crippen LogP contribution in [0, 0.1) is 5.92 Å². The lowest BCUT2D eigenvalue weighted by Crippen LogP contribution is -2.35. The van der Waals surface area contributed by atoms with Crippen LogP contribution in [0.15, 0.2) is 54.9 Å². The van der Waals surface area contributed by atoms with E-state index in [0.29, 0.717) is 18.7 Å². The second-order valence-corrected chi connectivity index (χ2v) is 5.54. The largest absolute Gasteiger partial charge is 0.469 e. The third-order valence-corrected chi connectivity index (χ3v) is 3.74. The van der Waals surface area contributed by atoms with Gasteiger partial charge in [0.05, 0.1) is 19.1 Å². The third-order valence-electron chi connectivity index (χ3n) is 3.74. The van der Waals surface area contributed by atoms with E-state index in [1.54, 1.807) is 24.5 Å². The number of hydrogen-bond donors (Lipinski definition) is 1. The molecule has 0 spiro atoms. The standard InChI is InChI=1S/C18H22N2O3/c1-20(12-14-6-4-3-5-7-14)13-16(18(22)23-2)17(21)15-8-10-19-11-9-15/h3-11,16-17,21H,12-13H2,1-2H3/t16-,17-/m0/s1. The number of nitrogens with zero attached hydrogens (tertiary/aromatic N) is 2. The van der Waals surface area contributed by atoms with Gasteiger partial charge in [-0.1, -0.05) is 30.3 Å². The molecule has 23 heavy (non-hydrogen) atoms. The number of aliphatic hydroxyl groups excluding tert-OH is 1. The van der Waals surface area contributed by atoms with Crippen LogP contribution >= 0.6 is 0 Å². The molecule has 122 valence electrons. The van der Waals surface area contributed by atoms with Gasteiger partial charge in [-0.05, 0) is 30.3 Å². The lowest BCUT2D eigenvalue weighted by atomic mass is 9.95. The molecule has 2 aromatic rings. The number of hydrogen-bond acceptors (Lipinski definition) is 5. The average Bonchev–Trinajstić information content (AvgIpc) is 2.60. The molecule has 0 aliphatic rings. The summed E-state index contributed by atoms with van der Waals surface area (Å²) in [6.45, 7) is 1.09. The fourth-order valence-electron chi connectivity index (χ4n) is 2.54. The van der Waals surface area contributed by atoms with Crippen molar-refractivity contribution in [1.82, 2.24) is 9.88 Å². The molecule has 0 aliphatic heterocycles. The van der Waals surface area contributed by atoms with Gasteiger partial charge in [-0.3, -0.25) is 9.78 Å². The van der Waals surface area contributed by atoms with E-state index >= 15 is 0 Å². The molecule has 5 heteroatoms. The summed E-state index contributed by atoms with van der Waals surface area (Å²) in [4.78, 5) is 18.0. The van der Waals surface area contributed by atoms with Gasteiger partial charge in [0.1, 0.15) is 0 Å². The Hall–Kier alpha value is -2.24. The highest BCUT2D eigenvalue weighted by atomic mass is 16.5. The maximum Gasteiger partial charge on any atom is 0.312 e. The molecule has 5 nitrogen and oxygen atoms in total. The molecule has 0 saturated carbocycles. The summed E-state index contributed by atoms with van der Waals surface area (Å²) in [6.07, 6.45) is 2.27. The highest BCUT2D eigenvalue weighted by Crippen LogP contribution is 2.24. The summed E-state index contributed by atoms with van der Waals surface area (Å²) >= 11 is 0. The molecule has 0 bridgehead atoms. The average molecular weight is 314 g/mol. The van der Waals surface area contributed by atoms with Gasteiger partial charge in [-0.15, -0.1) is 0 Å². The summed E-state index contributed by atoms with van der Waals surface area (Å²) in [6, 6.07) is 13.4. The number of rotatable bonds is 7. The summed E-state index contributed by atoms with van der Waals surface area (Å²) in [5.74, 6) is -1.08. The van der Waals surface area contributed by atoms with Crippen molar-refractivity contribution in [2.24, 2.45) is 5.92 Å². The number of aliphatic hydroxyl groups is 1. The number of carbonyl (C=O) groups is 1. The van der Waals surface area contributed by atoms with E-state index < -0.39 is 18.0 Å². The Kier molecular flexibility index (Phi) is 6.26. The highest BCUT2D eigenvalue weighted by Gasteiger charge is 2.30. The summed E-state index contributed by atoms with van der Waals surface area (Å²) in [5.41, 5.74) is 1.81. The number of carbonyl (C=O) groups excluding carboxylic acids is 1. The van der Waals surface area contributed by atoms with E-state index in [0.717, 1.165) is 5.56 Å². The molecule has 0 aliphatic carbocycles. The third kappa shape index (κ3) is 4.87. The molecule has 2 rings (SSSR count). The highest BCUT2D eigenvalue weighted by molar-refractivity contribution is 5.73. The minimum atomic E-state index is -0.927. The van der Waals surface area contributed by atoms with Crippen LogP contribution in [-0.2, 0) is 16.1 Å². The predicted octanol–water partition coefficient (Wildman–Crippen LogP) is 2.04. The fraction of sp³-hybridized carbons (Fsp3) is 0.333. The van der Waals surface area contributed by atoms with Crippen molar-refractivity contribution in [1.29, 1.82) is 0 Å². The molecule has 2 atom stereocenters.